The average molecular weight is 246 g/mol. The average Bonchev–Trinajstić information content (AvgIpc) is 2.89. The van der Waals surface area contributed by atoms with E-state index in [4.69, 9.17) is 0 Å². The standard InChI is InChI=1S/C13H14N2OS/c1-2-15(9-12-4-3-7-17-12)13-6-5-11(10-16)8-14-13/h3-8,10H,2,9H2,1H3. The van der Waals surface area contributed by atoms with Gasteiger partial charge in [0.25, 0.3) is 0 Å². The monoisotopic (exact) mass is 246 g/mol. The van der Waals surface area contributed by atoms with E-state index in [1.54, 1.807) is 23.6 Å². The summed E-state index contributed by atoms with van der Waals surface area (Å²) < 4.78 is 0. The van der Waals surface area contributed by atoms with Crippen LogP contribution in [-0.4, -0.2) is 17.8 Å². The van der Waals surface area contributed by atoms with Crippen LogP contribution in [0, 0.1) is 0 Å². The third kappa shape index (κ3) is 2.91. The van der Waals surface area contributed by atoms with Gasteiger partial charge in [-0.3, -0.25) is 4.79 Å². The van der Waals surface area contributed by atoms with Crippen LogP contribution in [0.1, 0.15) is 22.2 Å². The minimum absolute atomic E-state index is 0.612. The van der Waals surface area contributed by atoms with Crippen LogP contribution < -0.4 is 4.90 Å². The maximum Gasteiger partial charge on any atom is 0.151 e. The van der Waals surface area contributed by atoms with Crippen LogP contribution >= 0.6 is 11.3 Å². The number of hydrogen-bond donors (Lipinski definition) is 0. The molecule has 3 nitrogen and oxygen atoms in total. The van der Waals surface area contributed by atoms with E-state index in [9.17, 15) is 4.79 Å². The minimum Gasteiger partial charge on any atom is -0.352 e. The van der Waals surface area contributed by atoms with E-state index in [-0.39, 0.29) is 0 Å². The molecule has 0 aliphatic carbocycles. The molecule has 0 radical (unpaired) electrons. The second-order valence-electron chi connectivity index (χ2n) is 3.66. The Balaban J connectivity index is 2.14. The van der Waals surface area contributed by atoms with Gasteiger partial charge < -0.3 is 4.90 Å². The molecule has 0 saturated carbocycles. The van der Waals surface area contributed by atoms with Crippen LogP contribution in [0.5, 0.6) is 0 Å². The first-order chi connectivity index (χ1) is 8.33. The number of pyridine rings is 1. The zero-order valence-electron chi connectivity index (χ0n) is 9.67. The van der Waals surface area contributed by atoms with Gasteiger partial charge in [0.2, 0.25) is 0 Å². The number of aldehydes is 1. The molecule has 0 amide bonds. The summed E-state index contributed by atoms with van der Waals surface area (Å²) in [4.78, 5) is 18.4. The summed E-state index contributed by atoms with van der Waals surface area (Å²) >= 11 is 1.74. The quantitative estimate of drug-likeness (QED) is 0.760. The molecule has 0 fully saturated rings. The van der Waals surface area contributed by atoms with Gasteiger partial charge in [-0.2, -0.15) is 0 Å². The summed E-state index contributed by atoms with van der Waals surface area (Å²) in [6.45, 7) is 3.86. The number of carbonyl (C=O) groups excluding carboxylic acids is 1. The van der Waals surface area contributed by atoms with Crippen molar-refractivity contribution < 1.29 is 4.79 Å². The molecule has 2 aromatic rings. The zero-order chi connectivity index (χ0) is 12.1. The van der Waals surface area contributed by atoms with Gasteiger partial charge in [-0.25, -0.2) is 4.98 Å². The van der Waals surface area contributed by atoms with E-state index in [1.165, 1.54) is 4.88 Å². The maximum absolute atomic E-state index is 10.6. The number of rotatable bonds is 5. The van der Waals surface area contributed by atoms with E-state index >= 15 is 0 Å². The molecule has 88 valence electrons. The zero-order valence-corrected chi connectivity index (χ0v) is 10.5. The van der Waals surface area contributed by atoms with Gasteiger partial charge >= 0.3 is 0 Å². The van der Waals surface area contributed by atoms with Gasteiger partial charge in [0, 0.05) is 23.2 Å². The van der Waals surface area contributed by atoms with Gasteiger partial charge in [-0.1, -0.05) is 6.07 Å². The molecule has 0 bridgehead atoms. The highest BCUT2D eigenvalue weighted by atomic mass is 32.1. The molecule has 0 spiro atoms. The van der Waals surface area contributed by atoms with Crippen LogP contribution in [0.3, 0.4) is 0 Å². The highest BCUT2D eigenvalue weighted by Gasteiger charge is 2.07. The number of aromatic nitrogens is 1. The van der Waals surface area contributed by atoms with Crippen molar-refractivity contribution in [2.75, 3.05) is 11.4 Å². The highest BCUT2D eigenvalue weighted by molar-refractivity contribution is 7.09. The third-order valence-corrected chi connectivity index (χ3v) is 3.40. The summed E-state index contributed by atoms with van der Waals surface area (Å²) in [7, 11) is 0. The summed E-state index contributed by atoms with van der Waals surface area (Å²) in [6.07, 6.45) is 2.42. The minimum atomic E-state index is 0.612. The van der Waals surface area contributed by atoms with E-state index in [1.807, 2.05) is 6.07 Å². The van der Waals surface area contributed by atoms with Crippen molar-refractivity contribution in [3.63, 3.8) is 0 Å². The number of thiophene rings is 1. The van der Waals surface area contributed by atoms with Gasteiger partial charge in [-0.05, 0) is 30.5 Å². The SMILES string of the molecule is CCN(Cc1cccs1)c1ccc(C=O)cn1. The van der Waals surface area contributed by atoms with Crippen LogP contribution in [0.25, 0.3) is 0 Å². The normalized spacial score (nSPS) is 10.2. The first kappa shape index (κ1) is 11.8. The van der Waals surface area contributed by atoms with Crippen LogP contribution in [0.2, 0.25) is 0 Å². The van der Waals surface area contributed by atoms with E-state index in [0.717, 1.165) is 25.2 Å². The molecule has 0 N–H and O–H groups in total. The number of anilines is 1. The molecule has 2 aromatic heterocycles. The lowest BCUT2D eigenvalue weighted by atomic mass is 10.3. The topological polar surface area (TPSA) is 33.2 Å². The Morgan fingerprint density at radius 2 is 2.29 bits per heavy atom. The molecule has 17 heavy (non-hydrogen) atoms. The lowest BCUT2D eigenvalue weighted by Crippen LogP contribution is -2.22. The predicted octanol–water partition coefficient (Wildman–Crippen LogP) is 2.98. The first-order valence-corrected chi connectivity index (χ1v) is 6.40. The molecule has 0 aromatic carbocycles. The van der Waals surface area contributed by atoms with Gasteiger partial charge in [0.15, 0.2) is 6.29 Å². The van der Waals surface area contributed by atoms with Crippen LogP contribution in [0.15, 0.2) is 35.8 Å². The molecule has 4 heteroatoms. The fourth-order valence-corrected chi connectivity index (χ4v) is 2.32. The molecular weight excluding hydrogens is 232 g/mol. The number of hydrogen-bond acceptors (Lipinski definition) is 4. The Labute approximate surface area is 105 Å². The predicted molar refractivity (Wildman–Crippen MR) is 70.7 cm³/mol. The summed E-state index contributed by atoms with van der Waals surface area (Å²) in [6, 6.07) is 7.86. The fourth-order valence-electron chi connectivity index (χ4n) is 1.60. The molecule has 2 rings (SSSR count). The van der Waals surface area contributed by atoms with Crippen molar-refractivity contribution in [1.29, 1.82) is 0 Å². The number of carbonyl (C=O) groups is 1. The second-order valence-corrected chi connectivity index (χ2v) is 4.69. The summed E-state index contributed by atoms with van der Waals surface area (Å²) in [5.41, 5.74) is 0.612. The largest absolute Gasteiger partial charge is 0.352 e. The third-order valence-electron chi connectivity index (χ3n) is 2.54. The van der Waals surface area contributed by atoms with Crippen molar-refractivity contribution in [2.24, 2.45) is 0 Å². The highest BCUT2D eigenvalue weighted by Crippen LogP contribution is 2.17. The van der Waals surface area contributed by atoms with Crippen molar-refractivity contribution in [3.05, 3.63) is 46.3 Å². The molecule has 0 unspecified atom stereocenters. The lowest BCUT2D eigenvalue weighted by molar-refractivity contribution is 0.112. The molecule has 0 saturated heterocycles. The molecule has 2 heterocycles. The van der Waals surface area contributed by atoms with Crippen LogP contribution in [-0.2, 0) is 6.54 Å². The number of nitrogens with zero attached hydrogens (tertiary/aromatic N) is 2. The first-order valence-electron chi connectivity index (χ1n) is 5.52. The smallest absolute Gasteiger partial charge is 0.151 e. The van der Waals surface area contributed by atoms with Gasteiger partial charge in [-0.15, -0.1) is 11.3 Å². The summed E-state index contributed by atoms with van der Waals surface area (Å²) in [5, 5.41) is 2.08. The van der Waals surface area contributed by atoms with Crippen molar-refractivity contribution in [2.45, 2.75) is 13.5 Å². The molecule has 0 atom stereocenters. The van der Waals surface area contributed by atoms with Crippen molar-refractivity contribution in [1.82, 2.24) is 4.98 Å². The Hall–Kier alpha value is -1.68. The van der Waals surface area contributed by atoms with Gasteiger partial charge in [0.1, 0.15) is 5.82 Å². The Morgan fingerprint density at radius 1 is 1.41 bits per heavy atom. The second kappa shape index (κ2) is 5.59. The molecule has 0 aliphatic rings. The Kier molecular flexibility index (Phi) is 3.88. The van der Waals surface area contributed by atoms with E-state index < -0.39 is 0 Å². The molecular formula is C13H14N2OS. The van der Waals surface area contributed by atoms with Crippen molar-refractivity contribution >= 4 is 23.4 Å². The van der Waals surface area contributed by atoms with Crippen molar-refractivity contribution in [3.8, 4) is 0 Å². The Bertz CT molecular complexity index is 465. The molecule has 0 aliphatic heterocycles. The lowest BCUT2D eigenvalue weighted by Gasteiger charge is -2.21. The van der Waals surface area contributed by atoms with Crippen LogP contribution in [0.4, 0.5) is 5.82 Å². The summed E-state index contributed by atoms with van der Waals surface area (Å²) in [5.74, 6) is 0.909. The van der Waals surface area contributed by atoms with Gasteiger partial charge in [0.05, 0.1) is 6.54 Å². The Morgan fingerprint density at radius 3 is 2.82 bits per heavy atom. The fraction of sp³-hybridized carbons (Fsp3) is 0.231. The van der Waals surface area contributed by atoms with E-state index in [2.05, 4.69) is 34.3 Å². The van der Waals surface area contributed by atoms with E-state index in [0.29, 0.717) is 5.56 Å². The maximum atomic E-state index is 10.6.